The Morgan fingerprint density at radius 3 is 2.75 bits per heavy atom. The zero-order chi connectivity index (χ0) is 17.1. The number of aryl methyl sites for hydroxylation is 2. The Morgan fingerprint density at radius 2 is 2.08 bits per heavy atom. The van der Waals surface area contributed by atoms with Crippen LogP contribution in [-0.2, 0) is 23.1 Å². The predicted octanol–water partition coefficient (Wildman–Crippen LogP) is 1.93. The summed E-state index contributed by atoms with van der Waals surface area (Å²) in [6, 6.07) is 11.6. The number of likely N-dealkylation sites (tertiary alicyclic amines) is 1. The Bertz CT molecular complexity index is 720. The Labute approximate surface area is 141 Å². The highest BCUT2D eigenvalue weighted by Gasteiger charge is 2.30. The second-order valence-corrected chi connectivity index (χ2v) is 6.22. The molecule has 1 aliphatic heterocycles. The zero-order valence-electron chi connectivity index (χ0n) is 13.9. The summed E-state index contributed by atoms with van der Waals surface area (Å²) < 4.78 is 6.97. The molecule has 0 aliphatic carbocycles. The molecule has 0 radical (unpaired) electrons. The Balaban J connectivity index is 1.52. The molecule has 24 heavy (non-hydrogen) atoms. The lowest BCUT2D eigenvalue weighted by molar-refractivity contribution is -0.128. The summed E-state index contributed by atoms with van der Waals surface area (Å²) in [4.78, 5) is 26.0. The summed E-state index contributed by atoms with van der Waals surface area (Å²) in [6.07, 6.45) is 0.418. The molecule has 0 saturated carbocycles. The van der Waals surface area contributed by atoms with Crippen molar-refractivity contribution >= 4 is 11.9 Å². The minimum atomic E-state index is -0.437. The molecule has 1 fully saturated rings. The maximum absolute atomic E-state index is 12.1. The molecule has 1 atom stereocenters. The van der Waals surface area contributed by atoms with E-state index >= 15 is 0 Å². The Morgan fingerprint density at radius 1 is 1.33 bits per heavy atom. The largest absolute Gasteiger partial charge is 0.461 e. The van der Waals surface area contributed by atoms with Crippen molar-refractivity contribution < 1.29 is 14.3 Å². The standard InChI is InChI=1S/C18H21N3O3/c1-13-8-16(19-20(13)2)18(23)24-12-15-9-17(22)21(11-15)10-14-6-4-3-5-7-14/h3-8,15H,9-12H2,1-2H3. The van der Waals surface area contributed by atoms with E-state index < -0.39 is 5.97 Å². The second-order valence-electron chi connectivity index (χ2n) is 6.22. The highest BCUT2D eigenvalue weighted by atomic mass is 16.5. The molecule has 0 bridgehead atoms. The van der Waals surface area contributed by atoms with Crippen LogP contribution in [0.15, 0.2) is 36.4 Å². The number of aromatic nitrogens is 2. The minimum Gasteiger partial charge on any atom is -0.461 e. The van der Waals surface area contributed by atoms with Gasteiger partial charge in [0.1, 0.15) is 0 Å². The molecule has 3 rings (SSSR count). The molecule has 2 heterocycles. The van der Waals surface area contributed by atoms with Gasteiger partial charge in [-0.25, -0.2) is 4.79 Å². The van der Waals surface area contributed by atoms with Crippen molar-refractivity contribution in [3.8, 4) is 0 Å². The van der Waals surface area contributed by atoms with Crippen LogP contribution in [0.2, 0.25) is 0 Å². The van der Waals surface area contributed by atoms with E-state index in [0.717, 1.165) is 11.3 Å². The SMILES string of the molecule is Cc1cc(C(=O)OCC2CC(=O)N(Cc3ccccc3)C2)nn1C. The molecule has 1 amide bonds. The molecule has 1 aliphatic rings. The predicted molar refractivity (Wildman–Crippen MR) is 88.2 cm³/mol. The van der Waals surface area contributed by atoms with E-state index in [0.29, 0.717) is 25.2 Å². The molecule has 1 aromatic carbocycles. The molecular formula is C18H21N3O3. The number of carbonyl (C=O) groups is 2. The fraction of sp³-hybridized carbons (Fsp3) is 0.389. The van der Waals surface area contributed by atoms with Gasteiger partial charge < -0.3 is 9.64 Å². The summed E-state index contributed by atoms with van der Waals surface area (Å²) in [6.45, 7) is 3.33. The number of ether oxygens (including phenoxy) is 1. The van der Waals surface area contributed by atoms with Crippen LogP contribution in [0.3, 0.4) is 0 Å². The minimum absolute atomic E-state index is 0.0370. The van der Waals surface area contributed by atoms with E-state index in [9.17, 15) is 9.59 Å². The number of hydrogen-bond donors (Lipinski definition) is 0. The number of carbonyl (C=O) groups excluding carboxylic acids is 2. The number of rotatable bonds is 5. The lowest BCUT2D eigenvalue weighted by atomic mass is 10.1. The van der Waals surface area contributed by atoms with Gasteiger partial charge in [0.05, 0.1) is 6.61 Å². The average molecular weight is 327 g/mol. The summed E-state index contributed by atoms with van der Waals surface area (Å²) in [7, 11) is 1.78. The van der Waals surface area contributed by atoms with Crippen molar-refractivity contribution in [1.29, 1.82) is 0 Å². The van der Waals surface area contributed by atoms with Crippen LogP contribution in [0.25, 0.3) is 0 Å². The molecule has 1 saturated heterocycles. The monoisotopic (exact) mass is 327 g/mol. The Kier molecular flexibility index (Phi) is 4.64. The van der Waals surface area contributed by atoms with Gasteiger partial charge in [0.2, 0.25) is 5.91 Å². The highest BCUT2D eigenvalue weighted by molar-refractivity contribution is 5.87. The summed E-state index contributed by atoms with van der Waals surface area (Å²) in [5.41, 5.74) is 2.31. The third-order valence-electron chi connectivity index (χ3n) is 4.28. The van der Waals surface area contributed by atoms with Crippen molar-refractivity contribution in [2.75, 3.05) is 13.2 Å². The third kappa shape index (κ3) is 3.64. The molecule has 6 nitrogen and oxygen atoms in total. The van der Waals surface area contributed by atoms with E-state index in [-0.39, 0.29) is 18.4 Å². The fourth-order valence-electron chi connectivity index (χ4n) is 2.85. The first-order valence-electron chi connectivity index (χ1n) is 8.02. The number of amides is 1. The normalized spacial score (nSPS) is 17.3. The lowest BCUT2D eigenvalue weighted by Crippen LogP contribution is -2.25. The number of nitrogens with zero attached hydrogens (tertiary/aromatic N) is 3. The first kappa shape index (κ1) is 16.2. The molecular weight excluding hydrogens is 306 g/mol. The molecule has 0 N–H and O–H groups in total. The Hall–Kier alpha value is -2.63. The maximum Gasteiger partial charge on any atom is 0.358 e. The highest BCUT2D eigenvalue weighted by Crippen LogP contribution is 2.21. The van der Waals surface area contributed by atoms with Gasteiger partial charge in [-0.1, -0.05) is 30.3 Å². The van der Waals surface area contributed by atoms with Crippen LogP contribution in [0.5, 0.6) is 0 Å². The quantitative estimate of drug-likeness (QED) is 0.787. The second kappa shape index (κ2) is 6.86. The van der Waals surface area contributed by atoms with Crippen molar-refractivity contribution in [3.63, 3.8) is 0 Å². The van der Waals surface area contributed by atoms with Crippen molar-refractivity contribution in [2.24, 2.45) is 13.0 Å². The van der Waals surface area contributed by atoms with Gasteiger partial charge in [-0.3, -0.25) is 9.48 Å². The van der Waals surface area contributed by atoms with Gasteiger partial charge in [0, 0.05) is 38.2 Å². The van der Waals surface area contributed by atoms with Crippen LogP contribution in [-0.4, -0.2) is 39.7 Å². The number of hydrogen-bond acceptors (Lipinski definition) is 4. The first-order chi connectivity index (χ1) is 11.5. The lowest BCUT2D eigenvalue weighted by Gasteiger charge is -2.16. The summed E-state index contributed by atoms with van der Waals surface area (Å²) >= 11 is 0. The van der Waals surface area contributed by atoms with Crippen molar-refractivity contribution in [2.45, 2.75) is 19.9 Å². The molecule has 0 spiro atoms. The van der Waals surface area contributed by atoms with Crippen molar-refractivity contribution in [1.82, 2.24) is 14.7 Å². The van der Waals surface area contributed by atoms with Crippen LogP contribution in [0, 0.1) is 12.8 Å². The van der Waals surface area contributed by atoms with Gasteiger partial charge >= 0.3 is 5.97 Å². The molecule has 1 aromatic heterocycles. The first-order valence-corrected chi connectivity index (χ1v) is 8.02. The summed E-state index contributed by atoms with van der Waals surface area (Å²) in [5, 5.41) is 4.11. The molecule has 2 aromatic rings. The van der Waals surface area contributed by atoms with Gasteiger partial charge in [0.25, 0.3) is 0 Å². The van der Waals surface area contributed by atoms with E-state index in [1.807, 2.05) is 42.2 Å². The number of esters is 1. The van der Waals surface area contributed by atoms with Gasteiger partial charge in [-0.05, 0) is 18.6 Å². The third-order valence-corrected chi connectivity index (χ3v) is 4.28. The van der Waals surface area contributed by atoms with E-state index in [1.165, 1.54) is 0 Å². The smallest absolute Gasteiger partial charge is 0.358 e. The zero-order valence-corrected chi connectivity index (χ0v) is 13.9. The fourth-order valence-corrected chi connectivity index (χ4v) is 2.85. The molecule has 6 heteroatoms. The van der Waals surface area contributed by atoms with Crippen LogP contribution in [0.1, 0.15) is 28.2 Å². The van der Waals surface area contributed by atoms with Gasteiger partial charge in [-0.15, -0.1) is 0 Å². The summed E-state index contributed by atoms with van der Waals surface area (Å²) in [5.74, 6) is -0.295. The molecule has 1 unspecified atom stereocenters. The maximum atomic E-state index is 12.1. The van der Waals surface area contributed by atoms with Gasteiger partial charge in [-0.2, -0.15) is 5.10 Å². The molecule has 126 valence electrons. The topological polar surface area (TPSA) is 64.4 Å². The van der Waals surface area contributed by atoms with Crippen LogP contribution < -0.4 is 0 Å². The average Bonchev–Trinajstić information content (AvgIpc) is 3.09. The van der Waals surface area contributed by atoms with E-state index in [1.54, 1.807) is 17.8 Å². The number of benzene rings is 1. The van der Waals surface area contributed by atoms with Crippen molar-refractivity contribution in [3.05, 3.63) is 53.3 Å². The van der Waals surface area contributed by atoms with Gasteiger partial charge in [0.15, 0.2) is 5.69 Å². The van der Waals surface area contributed by atoms with Crippen LogP contribution in [0.4, 0.5) is 0 Å². The van der Waals surface area contributed by atoms with E-state index in [4.69, 9.17) is 4.74 Å². The van der Waals surface area contributed by atoms with Crippen LogP contribution >= 0.6 is 0 Å². The van der Waals surface area contributed by atoms with E-state index in [2.05, 4.69) is 5.10 Å².